The summed E-state index contributed by atoms with van der Waals surface area (Å²) in [7, 11) is 0. The van der Waals surface area contributed by atoms with E-state index < -0.39 is 5.91 Å². The highest BCUT2D eigenvalue weighted by molar-refractivity contribution is 6.13. The first kappa shape index (κ1) is 22.0. The number of carbonyl (C=O) groups excluding carboxylic acids is 3. The SMILES string of the molecule is O=C(Nc1ccncc1)c1oc2cccnc2c1NC(=O)[C@H]1CC[C@H](N2CCOCC2=O)CC1. The first-order valence-corrected chi connectivity index (χ1v) is 11.4. The molecule has 1 aliphatic heterocycles. The average Bonchev–Trinajstić information content (AvgIpc) is 3.23. The maximum absolute atomic E-state index is 13.2. The summed E-state index contributed by atoms with van der Waals surface area (Å²) >= 11 is 0. The van der Waals surface area contributed by atoms with Crippen molar-refractivity contribution >= 4 is 40.2 Å². The number of nitrogens with one attached hydrogen (secondary N) is 2. The van der Waals surface area contributed by atoms with E-state index in [9.17, 15) is 14.4 Å². The zero-order valence-corrected chi connectivity index (χ0v) is 18.5. The lowest BCUT2D eigenvalue weighted by Gasteiger charge is -2.38. The van der Waals surface area contributed by atoms with E-state index in [2.05, 4.69) is 20.6 Å². The molecule has 10 heteroatoms. The Labute approximate surface area is 195 Å². The van der Waals surface area contributed by atoms with Crippen molar-refractivity contribution in [3.63, 3.8) is 0 Å². The molecule has 0 bridgehead atoms. The number of pyridine rings is 2. The lowest BCUT2D eigenvalue weighted by molar-refractivity contribution is -0.146. The molecule has 1 aliphatic carbocycles. The van der Waals surface area contributed by atoms with Gasteiger partial charge in [-0.3, -0.25) is 24.4 Å². The second-order valence-corrected chi connectivity index (χ2v) is 8.48. The fraction of sp³-hybridized carbons (Fsp3) is 0.375. The molecule has 0 unspecified atom stereocenters. The van der Waals surface area contributed by atoms with Gasteiger partial charge in [0.25, 0.3) is 5.91 Å². The Morgan fingerprint density at radius 2 is 1.82 bits per heavy atom. The highest BCUT2D eigenvalue weighted by atomic mass is 16.5. The number of morpholine rings is 1. The molecule has 2 aliphatic rings. The van der Waals surface area contributed by atoms with Crippen LogP contribution in [0.1, 0.15) is 36.2 Å². The first-order chi connectivity index (χ1) is 16.6. The van der Waals surface area contributed by atoms with Crippen molar-refractivity contribution in [2.45, 2.75) is 31.7 Å². The molecular formula is C24H25N5O5. The summed E-state index contributed by atoms with van der Waals surface area (Å²) in [4.78, 5) is 48.4. The zero-order chi connectivity index (χ0) is 23.5. The van der Waals surface area contributed by atoms with Gasteiger partial charge in [-0.1, -0.05) is 0 Å². The summed E-state index contributed by atoms with van der Waals surface area (Å²) in [6.45, 7) is 1.28. The minimum Gasteiger partial charge on any atom is -0.447 e. The van der Waals surface area contributed by atoms with Crippen LogP contribution in [0.2, 0.25) is 0 Å². The van der Waals surface area contributed by atoms with Crippen LogP contribution in [-0.4, -0.2) is 58.4 Å². The van der Waals surface area contributed by atoms with E-state index in [0.717, 1.165) is 12.8 Å². The van der Waals surface area contributed by atoms with Crippen LogP contribution < -0.4 is 10.6 Å². The topological polar surface area (TPSA) is 127 Å². The second kappa shape index (κ2) is 9.60. The molecule has 2 N–H and O–H groups in total. The van der Waals surface area contributed by atoms with Crippen LogP contribution in [-0.2, 0) is 14.3 Å². The molecule has 176 valence electrons. The van der Waals surface area contributed by atoms with Gasteiger partial charge in [0.15, 0.2) is 5.58 Å². The van der Waals surface area contributed by atoms with E-state index >= 15 is 0 Å². The number of anilines is 2. The summed E-state index contributed by atoms with van der Waals surface area (Å²) < 4.78 is 11.0. The molecule has 5 rings (SSSR count). The van der Waals surface area contributed by atoms with E-state index in [1.165, 1.54) is 0 Å². The van der Waals surface area contributed by atoms with Gasteiger partial charge in [-0.2, -0.15) is 0 Å². The van der Waals surface area contributed by atoms with Gasteiger partial charge in [0.05, 0.1) is 6.61 Å². The Morgan fingerprint density at radius 3 is 2.59 bits per heavy atom. The molecule has 0 radical (unpaired) electrons. The number of carbonyl (C=O) groups is 3. The van der Waals surface area contributed by atoms with E-state index in [1.54, 1.807) is 42.9 Å². The van der Waals surface area contributed by atoms with Crippen LogP contribution in [0, 0.1) is 5.92 Å². The van der Waals surface area contributed by atoms with Gasteiger partial charge in [0.2, 0.25) is 17.6 Å². The monoisotopic (exact) mass is 463 g/mol. The summed E-state index contributed by atoms with van der Waals surface area (Å²) in [6.07, 6.45) is 7.54. The summed E-state index contributed by atoms with van der Waals surface area (Å²) in [5, 5.41) is 5.66. The third-order valence-electron chi connectivity index (χ3n) is 6.37. The number of ether oxygens (including phenoxy) is 1. The van der Waals surface area contributed by atoms with Gasteiger partial charge in [-0.05, 0) is 49.9 Å². The first-order valence-electron chi connectivity index (χ1n) is 11.4. The quantitative estimate of drug-likeness (QED) is 0.596. The van der Waals surface area contributed by atoms with Crippen molar-refractivity contribution in [1.29, 1.82) is 0 Å². The van der Waals surface area contributed by atoms with Crippen LogP contribution in [0.5, 0.6) is 0 Å². The van der Waals surface area contributed by atoms with Crippen LogP contribution >= 0.6 is 0 Å². The van der Waals surface area contributed by atoms with E-state index in [4.69, 9.17) is 9.15 Å². The number of hydrogen-bond donors (Lipinski definition) is 2. The Morgan fingerprint density at radius 1 is 1.03 bits per heavy atom. The van der Waals surface area contributed by atoms with E-state index in [1.807, 2.05) is 4.90 Å². The number of furan rings is 1. The molecule has 1 saturated carbocycles. The Balaban J connectivity index is 1.30. The van der Waals surface area contributed by atoms with Crippen LogP contribution in [0.15, 0.2) is 47.3 Å². The van der Waals surface area contributed by atoms with Crippen molar-refractivity contribution in [3.8, 4) is 0 Å². The standard InChI is InChI=1S/C24H25N5O5/c30-19-14-33-13-12-29(19)17-5-3-15(4-6-17)23(31)28-21-20-18(2-1-9-26-20)34-22(21)24(32)27-16-7-10-25-11-8-16/h1-2,7-11,15,17H,3-6,12-14H2,(H,28,31)(H,25,27,32)/t15-,17-. The molecule has 0 spiro atoms. The minimum absolute atomic E-state index is 0.00791. The van der Waals surface area contributed by atoms with Crippen LogP contribution in [0.3, 0.4) is 0 Å². The van der Waals surface area contributed by atoms with Crippen molar-refractivity contribution in [2.24, 2.45) is 5.92 Å². The number of aromatic nitrogens is 2. The molecule has 0 aromatic carbocycles. The summed E-state index contributed by atoms with van der Waals surface area (Å²) in [5.41, 5.74) is 1.65. The Kier molecular flexibility index (Phi) is 6.22. The van der Waals surface area contributed by atoms with Gasteiger partial charge in [-0.25, -0.2) is 0 Å². The van der Waals surface area contributed by atoms with E-state index in [0.29, 0.717) is 42.8 Å². The van der Waals surface area contributed by atoms with E-state index in [-0.39, 0.29) is 41.8 Å². The Hall–Kier alpha value is -3.79. The number of nitrogens with zero attached hydrogens (tertiary/aromatic N) is 3. The molecule has 2 fully saturated rings. The molecular weight excluding hydrogens is 438 g/mol. The molecule has 3 amide bonds. The number of amides is 3. The summed E-state index contributed by atoms with van der Waals surface area (Å²) in [6, 6.07) is 6.87. The fourth-order valence-corrected chi connectivity index (χ4v) is 4.62. The molecule has 10 nitrogen and oxygen atoms in total. The zero-order valence-electron chi connectivity index (χ0n) is 18.5. The van der Waals surface area contributed by atoms with Gasteiger partial charge < -0.3 is 24.7 Å². The second-order valence-electron chi connectivity index (χ2n) is 8.48. The van der Waals surface area contributed by atoms with Crippen molar-refractivity contribution in [1.82, 2.24) is 14.9 Å². The van der Waals surface area contributed by atoms with Crippen molar-refractivity contribution in [2.75, 3.05) is 30.4 Å². The smallest absolute Gasteiger partial charge is 0.293 e. The third-order valence-corrected chi connectivity index (χ3v) is 6.37. The fourth-order valence-electron chi connectivity index (χ4n) is 4.62. The maximum atomic E-state index is 13.2. The molecule has 3 aromatic rings. The third kappa shape index (κ3) is 4.49. The minimum atomic E-state index is -0.492. The average molecular weight is 463 g/mol. The van der Waals surface area contributed by atoms with Gasteiger partial charge in [-0.15, -0.1) is 0 Å². The maximum Gasteiger partial charge on any atom is 0.293 e. The molecule has 0 atom stereocenters. The molecule has 4 heterocycles. The largest absolute Gasteiger partial charge is 0.447 e. The lowest BCUT2D eigenvalue weighted by atomic mass is 9.84. The summed E-state index contributed by atoms with van der Waals surface area (Å²) in [5.74, 6) is -0.893. The van der Waals surface area contributed by atoms with Gasteiger partial charge in [0.1, 0.15) is 17.8 Å². The van der Waals surface area contributed by atoms with Crippen molar-refractivity contribution < 1.29 is 23.5 Å². The van der Waals surface area contributed by atoms with Crippen molar-refractivity contribution in [3.05, 3.63) is 48.6 Å². The molecule has 34 heavy (non-hydrogen) atoms. The molecule has 1 saturated heterocycles. The highest BCUT2D eigenvalue weighted by Crippen LogP contribution is 2.33. The predicted octanol–water partition coefficient (Wildman–Crippen LogP) is 2.83. The number of fused-ring (bicyclic) bond motifs is 1. The highest BCUT2D eigenvalue weighted by Gasteiger charge is 2.34. The molecule has 3 aromatic heterocycles. The number of hydrogen-bond acceptors (Lipinski definition) is 7. The number of rotatable bonds is 5. The van der Waals surface area contributed by atoms with Gasteiger partial charge >= 0.3 is 0 Å². The van der Waals surface area contributed by atoms with Crippen LogP contribution in [0.4, 0.5) is 11.4 Å². The van der Waals surface area contributed by atoms with Gasteiger partial charge in [0, 0.05) is 42.8 Å². The van der Waals surface area contributed by atoms with Crippen LogP contribution in [0.25, 0.3) is 11.1 Å². The lowest BCUT2D eigenvalue weighted by Crippen LogP contribution is -2.49. The predicted molar refractivity (Wildman–Crippen MR) is 123 cm³/mol. The Bertz CT molecular complexity index is 1200. The normalized spacial score (nSPS) is 20.8.